The number of halogens is 2. The highest BCUT2D eigenvalue weighted by Gasteiger charge is 2.17. The van der Waals surface area contributed by atoms with Gasteiger partial charge in [-0.15, -0.1) is 11.3 Å². The molecule has 2 heterocycles. The number of nitrogens with one attached hydrogen (secondary N) is 2. The van der Waals surface area contributed by atoms with Gasteiger partial charge < -0.3 is 5.32 Å². The topological polar surface area (TPSA) is 83.5 Å². The summed E-state index contributed by atoms with van der Waals surface area (Å²) < 4.78 is 0.905. The van der Waals surface area contributed by atoms with Gasteiger partial charge in [0.05, 0.1) is 23.3 Å². The maximum absolute atomic E-state index is 12.4. The van der Waals surface area contributed by atoms with E-state index in [1.165, 1.54) is 17.6 Å². The standard InChI is InChI=1S/C22H16Cl2N4O2S/c1-12-6-7-13-9-14(21(24)27-16(13)8-12)10-26-28-18(29)11-25-22(30)20-19(23)15-4-2-3-5-17(15)31-20/h2-10H,11H2,1H3,(H,25,30)(H,28,29)/b26-10+. The first kappa shape index (κ1) is 21.2. The summed E-state index contributed by atoms with van der Waals surface area (Å²) in [6.45, 7) is 1.73. The molecule has 0 atom stereocenters. The molecular formula is C22H16Cl2N4O2S. The number of rotatable bonds is 5. The predicted molar refractivity (Wildman–Crippen MR) is 126 cm³/mol. The fourth-order valence-electron chi connectivity index (χ4n) is 2.97. The minimum atomic E-state index is -0.484. The molecule has 4 rings (SSSR count). The Balaban J connectivity index is 1.37. The summed E-state index contributed by atoms with van der Waals surface area (Å²) in [5.74, 6) is -0.898. The smallest absolute Gasteiger partial charge is 0.263 e. The van der Waals surface area contributed by atoms with Crippen molar-refractivity contribution < 1.29 is 9.59 Å². The number of aryl methyl sites for hydroxylation is 1. The van der Waals surface area contributed by atoms with Crippen molar-refractivity contribution in [2.45, 2.75) is 6.92 Å². The van der Waals surface area contributed by atoms with Crippen LogP contribution in [0.2, 0.25) is 10.2 Å². The Kier molecular flexibility index (Phi) is 6.18. The predicted octanol–water partition coefficient (Wildman–Crippen LogP) is 4.94. The van der Waals surface area contributed by atoms with Gasteiger partial charge in [-0.1, -0.05) is 53.5 Å². The third-order valence-corrected chi connectivity index (χ3v) is 6.47. The first-order chi connectivity index (χ1) is 14.9. The zero-order chi connectivity index (χ0) is 22.0. The van der Waals surface area contributed by atoms with Crippen LogP contribution < -0.4 is 10.7 Å². The van der Waals surface area contributed by atoms with Crippen molar-refractivity contribution in [3.8, 4) is 0 Å². The number of carbonyl (C=O) groups is 2. The lowest BCUT2D eigenvalue weighted by Gasteiger charge is -2.04. The second-order valence-electron chi connectivity index (χ2n) is 6.78. The van der Waals surface area contributed by atoms with Crippen molar-refractivity contribution in [3.05, 3.63) is 74.7 Å². The van der Waals surface area contributed by atoms with E-state index in [2.05, 4.69) is 20.8 Å². The number of hydrogen-bond acceptors (Lipinski definition) is 5. The van der Waals surface area contributed by atoms with Crippen LogP contribution in [0.15, 0.2) is 53.6 Å². The molecule has 0 saturated carbocycles. The van der Waals surface area contributed by atoms with Crippen molar-refractivity contribution in [3.63, 3.8) is 0 Å². The largest absolute Gasteiger partial charge is 0.342 e. The normalized spacial score (nSPS) is 11.3. The van der Waals surface area contributed by atoms with E-state index in [-0.39, 0.29) is 11.7 Å². The average Bonchev–Trinajstić information content (AvgIpc) is 3.09. The molecule has 4 aromatic rings. The number of nitrogens with zero attached hydrogens (tertiary/aromatic N) is 2. The zero-order valence-corrected chi connectivity index (χ0v) is 18.6. The Hall–Kier alpha value is -3.00. The second kappa shape index (κ2) is 9.01. The molecule has 2 aromatic heterocycles. The van der Waals surface area contributed by atoms with Gasteiger partial charge in [0.25, 0.3) is 11.8 Å². The van der Waals surface area contributed by atoms with Crippen molar-refractivity contribution in [1.29, 1.82) is 0 Å². The van der Waals surface area contributed by atoms with Crippen LogP contribution in [0, 0.1) is 6.92 Å². The van der Waals surface area contributed by atoms with E-state index >= 15 is 0 Å². The zero-order valence-electron chi connectivity index (χ0n) is 16.3. The van der Waals surface area contributed by atoms with Crippen molar-refractivity contribution in [2.75, 3.05) is 6.54 Å². The van der Waals surface area contributed by atoms with Gasteiger partial charge in [0, 0.05) is 21.0 Å². The van der Waals surface area contributed by atoms with Gasteiger partial charge in [0.1, 0.15) is 10.0 Å². The number of fused-ring (bicyclic) bond motifs is 2. The van der Waals surface area contributed by atoms with Crippen LogP contribution >= 0.6 is 34.5 Å². The molecule has 156 valence electrons. The lowest BCUT2D eigenvalue weighted by molar-refractivity contribution is -0.120. The molecule has 0 radical (unpaired) electrons. The van der Waals surface area contributed by atoms with Gasteiger partial charge in [0.2, 0.25) is 0 Å². The summed E-state index contributed by atoms with van der Waals surface area (Å²) in [6, 6.07) is 15.2. The fraction of sp³-hybridized carbons (Fsp3) is 0.0909. The van der Waals surface area contributed by atoms with Crippen molar-refractivity contribution >= 4 is 73.6 Å². The molecule has 0 unspecified atom stereocenters. The lowest BCUT2D eigenvalue weighted by Crippen LogP contribution is -2.34. The number of benzene rings is 2. The number of aromatic nitrogens is 1. The number of carbonyl (C=O) groups excluding carboxylic acids is 2. The van der Waals surface area contributed by atoms with Crippen LogP contribution in [0.1, 0.15) is 20.8 Å². The lowest BCUT2D eigenvalue weighted by atomic mass is 10.1. The van der Waals surface area contributed by atoms with Crippen LogP contribution in [0.4, 0.5) is 0 Å². The first-order valence-corrected chi connectivity index (χ1v) is 10.8. The van der Waals surface area contributed by atoms with Crippen LogP contribution in [-0.2, 0) is 4.79 Å². The van der Waals surface area contributed by atoms with Gasteiger partial charge >= 0.3 is 0 Å². The van der Waals surface area contributed by atoms with Gasteiger partial charge in [0.15, 0.2) is 0 Å². The minimum Gasteiger partial charge on any atom is -0.342 e. The first-order valence-electron chi connectivity index (χ1n) is 9.26. The molecule has 0 bridgehead atoms. The highest BCUT2D eigenvalue weighted by molar-refractivity contribution is 7.21. The molecule has 0 spiro atoms. The quantitative estimate of drug-likeness (QED) is 0.246. The Morgan fingerprint density at radius 1 is 1.16 bits per heavy atom. The average molecular weight is 471 g/mol. The van der Waals surface area contributed by atoms with Crippen LogP contribution in [-0.4, -0.2) is 29.6 Å². The maximum Gasteiger partial charge on any atom is 0.263 e. The monoisotopic (exact) mass is 470 g/mol. The van der Waals surface area contributed by atoms with E-state index in [9.17, 15) is 9.59 Å². The van der Waals surface area contributed by atoms with Crippen LogP contribution in [0.3, 0.4) is 0 Å². The number of amides is 2. The molecule has 0 fully saturated rings. The Bertz CT molecular complexity index is 1350. The highest BCUT2D eigenvalue weighted by atomic mass is 35.5. The second-order valence-corrected chi connectivity index (χ2v) is 8.57. The van der Waals surface area contributed by atoms with Crippen LogP contribution in [0.5, 0.6) is 0 Å². The molecule has 2 aromatic carbocycles. The molecule has 0 aliphatic heterocycles. The summed E-state index contributed by atoms with van der Waals surface area (Å²) in [6.07, 6.45) is 1.41. The summed E-state index contributed by atoms with van der Waals surface area (Å²) in [7, 11) is 0. The summed E-state index contributed by atoms with van der Waals surface area (Å²) in [5.41, 5.74) is 4.80. The molecule has 2 N–H and O–H groups in total. The van der Waals surface area contributed by atoms with E-state index in [4.69, 9.17) is 23.2 Å². The Labute approximate surface area is 191 Å². The number of hydrogen-bond donors (Lipinski definition) is 2. The van der Waals surface area contributed by atoms with E-state index < -0.39 is 11.8 Å². The SMILES string of the molecule is Cc1ccc2cc(/C=N/NC(=O)CNC(=O)c3sc4ccccc4c3Cl)c(Cl)nc2c1. The fourth-order valence-corrected chi connectivity index (χ4v) is 4.60. The van der Waals surface area contributed by atoms with Crippen molar-refractivity contribution in [1.82, 2.24) is 15.7 Å². The molecular weight excluding hydrogens is 455 g/mol. The number of pyridine rings is 1. The van der Waals surface area contributed by atoms with Crippen molar-refractivity contribution in [2.24, 2.45) is 5.10 Å². The van der Waals surface area contributed by atoms with Gasteiger partial charge in [-0.25, -0.2) is 10.4 Å². The molecule has 9 heteroatoms. The molecule has 31 heavy (non-hydrogen) atoms. The highest BCUT2D eigenvalue weighted by Crippen LogP contribution is 2.34. The van der Waals surface area contributed by atoms with Gasteiger partial charge in [-0.3, -0.25) is 9.59 Å². The third-order valence-electron chi connectivity index (χ3n) is 4.50. The van der Waals surface area contributed by atoms with Crippen LogP contribution in [0.25, 0.3) is 21.0 Å². The van der Waals surface area contributed by atoms with E-state index in [0.717, 1.165) is 26.6 Å². The summed E-state index contributed by atoms with van der Waals surface area (Å²) in [5, 5.41) is 8.84. The van der Waals surface area contributed by atoms with E-state index in [0.29, 0.717) is 15.5 Å². The number of hydrazone groups is 1. The van der Waals surface area contributed by atoms with Gasteiger partial charge in [-0.2, -0.15) is 5.10 Å². The summed E-state index contributed by atoms with van der Waals surface area (Å²) in [4.78, 5) is 29.2. The molecule has 2 amide bonds. The maximum atomic E-state index is 12.4. The minimum absolute atomic E-state index is 0.246. The molecule has 0 aliphatic carbocycles. The molecule has 6 nitrogen and oxygen atoms in total. The van der Waals surface area contributed by atoms with E-state index in [1.807, 2.05) is 55.5 Å². The Morgan fingerprint density at radius 2 is 1.97 bits per heavy atom. The number of thiophene rings is 1. The third kappa shape index (κ3) is 4.69. The Morgan fingerprint density at radius 3 is 2.77 bits per heavy atom. The molecule has 0 saturated heterocycles. The van der Waals surface area contributed by atoms with E-state index in [1.54, 1.807) is 0 Å². The molecule has 0 aliphatic rings. The van der Waals surface area contributed by atoms with Gasteiger partial charge in [-0.05, 0) is 30.7 Å². The summed E-state index contributed by atoms with van der Waals surface area (Å²) >= 11 is 13.8.